The molecule has 1 saturated heterocycles. The molecule has 0 spiro atoms. The van der Waals surface area contributed by atoms with Crippen molar-refractivity contribution in [3.8, 4) is 0 Å². The molecule has 24 heavy (non-hydrogen) atoms. The Morgan fingerprint density at radius 3 is 2.29 bits per heavy atom. The summed E-state index contributed by atoms with van der Waals surface area (Å²) in [7, 11) is 3.39. The van der Waals surface area contributed by atoms with Gasteiger partial charge in [-0.05, 0) is 40.5 Å². The second-order valence-electron chi connectivity index (χ2n) is 7.37. The largest absolute Gasteiger partial charge is 0.444 e. The first-order valence-corrected chi connectivity index (χ1v) is 8.21. The van der Waals surface area contributed by atoms with Crippen LogP contribution in [0.4, 0.5) is 4.79 Å². The zero-order valence-corrected chi connectivity index (χ0v) is 15.4. The van der Waals surface area contributed by atoms with E-state index in [1.54, 1.807) is 19.0 Å². The second kappa shape index (κ2) is 6.78. The van der Waals surface area contributed by atoms with Crippen molar-refractivity contribution >= 4 is 12.0 Å². The van der Waals surface area contributed by atoms with Crippen LogP contribution in [0.1, 0.15) is 55.8 Å². The van der Waals surface area contributed by atoms with Gasteiger partial charge in [-0.15, -0.1) is 5.10 Å². The number of rotatable bonds is 2. The van der Waals surface area contributed by atoms with E-state index in [0.717, 1.165) is 18.5 Å². The fourth-order valence-corrected chi connectivity index (χ4v) is 2.72. The van der Waals surface area contributed by atoms with Crippen LogP contribution < -0.4 is 0 Å². The molecule has 2 rings (SSSR count). The summed E-state index contributed by atoms with van der Waals surface area (Å²) in [6, 6.07) is 0.139. The number of aromatic nitrogens is 3. The third-order valence-corrected chi connectivity index (χ3v) is 4.00. The monoisotopic (exact) mass is 337 g/mol. The maximum absolute atomic E-state index is 12.1. The summed E-state index contributed by atoms with van der Waals surface area (Å²) in [5, 5.41) is 8.19. The highest BCUT2D eigenvalue weighted by Crippen LogP contribution is 2.25. The number of hydrogen-bond acceptors (Lipinski definition) is 5. The summed E-state index contributed by atoms with van der Waals surface area (Å²) in [4.78, 5) is 27.4. The molecule has 2 heterocycles. The van der Waals surface area contributed by atoms with Crippen LogP contribution in [0.5, 0.6) is 0 Å². The molecule has 0 radical (unpaired) electrons. The van der Waals surface area contributed by atoms with Crippen LogP contribution in [0.2, 0.25) is 0 Å². The number of piperidine rings is 1. The predicted octanol–water partition coefficient (Wildman–Crippen LogP) is 1.86. The summed E-state index contributed by atoms with van der Waals surface area (Å²) < 4.78 is 7.21. The van der Waals surface area contributed by atoms with Gasteiger partial charge in [0.1, 0.15) is 5.60 Å². The number of ether oxygens (including phenoxy) is 1. The van der Waals surface area contributed by atoms with Crippen LogP contribution in [0.25, 0.3) is 0 Å². The molecular formula is C16H27N5O3. The van der Waals surface area contributed by atoms with E-state index in [2.05, 4.69) is 10.3 Å². The van der Waals surface area contributed by atoms with E-state index < -0.39 is 5.60 Å². The van der Waals surface area contributed by atoms with Gasteiger partial charge < -0.3 is 14.5 Å². The van der Waals surface area contributed by atoms with E-state index in [1.807, 2.05) is 32.4 Å². The quantitative estimate of drug-likeness (QED) is 0.823. The van der Waals surface area contributed by atoms with Gasteiger partial charge in [-0.2, -0.15) is 0 Å². The van der Waals surface area contributed by atoms with Crippen LogP contribution in [0.3, 0.4) is 0 Å². The first-order chi connectivity index (χ1) is 11.1. The topological polar surface area (TPSA) is 80.6 Å². The highest BCUT2D eigenvalue weighted by Gasteiger charge is 2.29. The summed E-state index contributed by atoms with van der Waals surface area (Å²) in [6.07, 6.45) is 1.25. The van der Waals surface area contributed by atoms with E-state index >= 15 is 0 Å². The third kappa shape index (κ3) is 4.04. The van der Waals surface area contributed by atoms with E-state index in [4.69, 9.17) is 4.74 Å². The van der Waals surface area contributed by atoms with Crippen molar-refractivity contribution in [2.75, 3.05) is 27.2 Å². The van der Waals surface area contributed by atoms with E-state index in [0.29, 0.717) is 18.8 Å². The lowest BCUT2D eigenvalue weighted by molar-refractivity contribution is 0.0183. The van der Waals surface area contributed by atoms with Crippen molar-refractivity contribution in [3.63, 3.8) is 0 Å². The first-order valence-electron chi connectivity index (χ1n) is 8.21. The molecule has 1 fully saturated rings. The van der Waals surface area contributed by atoms with Gasteiger partial charge in [0.05, 0.1) is 11.7 Å². The van der Waals surface area contributed by atoms with Crippen molar-refractivity contribution in [2.45, 2.75) is 52.2 Å². The highest BCUT2D eigenvalue weighted by molar-refractivity contribution is 5.92. The molecule has 1 aromatic heterocycles. The molecule has 1 aliphatic rings. The minimum absolute atomic E-state index is 0.139. The molecule has 1 aromatic rings. The summed E-state index contributed by atoms with van der Waals surface area (Å²) in [6.45, 7) is 8.65. The number of hydrogen-bond donors (Lipinski definition) is 0. The Kier molecular flexibility index (Phi) is 5.15. The predicted molar refractivity (Wildman–Crippen MR) is 88.9 cm³/mol. The molecule has 0 saturated carbocycles. The molecule has 0 bridgehead atoms. The van der Waals surface area contributed by atoms with Gasteiger partial charge in [0.25, 0.3) is 5.91 Å². The smallest absolute Gasteiger partial charge is 0.410 e. The fraction of sp³-hybridized carbons (Fsp3) is 0.750. The molecule has 0 aromatic carbocycles. The average molecular weight is 337 g/mol. The van der Waals surface area contributed by atoms with E-state index in [1.165, 1.54) is 4.90 Å². The molecule has 8 heteroatoms. The Morgan fingerprint density at radius 2 is 1.79 bits per heavy atom. The molecule has 0 unspecified atom stereocenters. The number of carbonyl (C=O) groups excluding carboxylic acids is 2. The van der Waals surface area contributed by atoms with Crippen LogP contribution in [-0.2, 0) is 4.74 Å². The molecule has 0 atom stereocenters. The van der Waals surface area contributed by atoms with Gasteiger partial charge in [0, 0.05) is 27.2 Å². The molecular weight excluding hydrogens is 310 g/mol. The fourth-order valence-electron chi connectivity index (χ4n) is 2.72. The minimum atomic E-state index is -0.488. The van der Waals surface area contributed by atoms with Gasteiger partial charge in [-0.1, -0.05) is 5.21 Å². The zero-order valence-electron chi connectivity index (χ0n) is 15.4. The van der Waals surface area contributed by atoms with Crippen molar-refractivity contribution < 1.29 is 14.3 Å². The second-order valence-corrected chi connectivity index (χ2v) is 7.37. The molecule has 8 nitrogen and oxygen atoms in total. The van der Waals surface area contributed by atoms with Gasteiger partial charge in [-0.25, -0.2) is 9.48 Å². The van der Waals surface area contributed by atoms with Gasteiger partial charge in [-0.3, -0.25) is 4.79 Å². The SMILES string of the molecule is Cc1c(C(=O)N(C)C)nnn1C1CCN(C(=O)OC(C)(C)C)CC1. The maximum atomic E-state index is 12.1. The van der Waals surface area contributed by atoms with E-state index in [-0.39, 0.29) is 18.0 Å². The van der Waals surface area contributed by atoms with Crippen LogP contribution >= 0.6 is 0 Å². The van der Waals surface area contributed by atoms with Gasteiger partial charge >= 0.3 is 6.09 Å². The molecule has 0 N–H and O–H groups in total. The molecule has 134 valence electrons. The lowest BCUT2D eigenvalue weighted by atomic mass is 10.1. The Labute approximate surface area is 142 Å². The average Bonchev–Trinajstić information content (AvgIpc) is 2.86. The van der Waals surface area contributed by atoms with Crippen LogP contribution in [0.15, 0.2) is 0 Å². The first kappa shape index (κ1) is 18.2. The standard InChI is InChI=1S/C16H27N5O3/c1-11-13(14(22)19(5)6)17-18-21(11)12-7-9-20(10-8-12)15(23)24-16(2,3)4/h12H,7-10H2,1-6H3. The number of nitrogens with zero attached hydrogens (tertiary/aromatic N) is 5. The van der Waals surface area contributed by atoms with Crippen molar-refractivity contribution in [2.24, 2.45) is 0 Å². The Morgan fingerprint density at radius 1 is 1.21 bits per heavy atom. The van der Waals surface area contributed by atoms with Crippen molar-refractivity contribution in [3.05, 3.63) is 11.4 Å². The minimum Gasteiger partial charge on any atom is -0.444 e. The number of carbonyl (C=O) groups is 2. The Bertz CT molecular complexity index is 610. The Hall–Kier alpha value is -2.12. The van der Waals surface area contributed by atoms with Gasteiger partial charge in [0.2, 0.25) is 0 Å². The molecule has 2 amide bonds. The molecule has 1 aliphatic heterocycles. The number of likely N-dealkylation sites (tertiary alicyclic amines) is 1. The van der Waals surface area contributed by atoms with Crippen LogP contribution in [0, 0.1) is 6.92 Å². The highest BCUT2D eigenvalue weighted by atomic mass is 16.6. The lowest BCUT2D eigenvalue weighted by Gasteiger charge is -2.33. The van der Waals surface area contributed by atoms with Crippen molar-refractivity contribution in [1.82, 2.24) is 24.8 Å². The zero-order chi connectivity index (χ0) is 18.1. The third-order valence-electron chi connectivity index (χ3n) is 4.00. The summed E-state index contributed by atoms with van der Waals surface area (Å²) in [5.74, 6) is -0.148. The Balaban J connectivity index is 2.00. The summed E-state index contributed by atoms with van der Waals surface area (Å²) >= 11 is 0. The van der Waals surface area contributed by atoms with Crippen LogP contribution in [-0.4, -0.2) is 69.6 Å². The summed E-state index contributed by atoms with van der Waals surface area (Å²) in [5.41, 5.74) is 0.664. The normalized spacial score (nSPS) is 16.2. The van der Waals surface area contributed by atoms with Crippen molar-refractivity contribution in [1.29, 1.82) is 0 Å². The van der Waals surface area contributed by atoms with Gasteiger partial charge in [0.15, 0.2) is 5.69 Å². The van der Waals surface area contributed by atoms with E-state index in [9.17, 15) is 9.59 Å². The molecule has 0 aliphatic carbocycles. The lowest BCUT2D eigenvalue weighted by Crippen LogP contribution is -2.42. The maximum Gasteiger partial charge on any atom is 0.410 e. The number of amides is 2.